The number of nitriles is 1. The third kappa shape index (κ3) is 3.10. The van der Waals surface area contributed by atoms with Gasteiger partial charge in [0.15, 0.2) is 11.3 Å². The molecule has 0 saturated carbocycles. The Kier molecular flexibility index (Phi) is 3.68. The van der Waals surface area contributed by atoms with Crippen LogP contribution in [0.3, 0.4) is 0 Å². The minimum absolute atomic E-state index is 0.181. The molecule has 0 fully saturated rings. The molecular weight excluding hydrogens is 239 g/mol. The molecule has 0 aliphatic heterocycles. The average Bonchev–Trinajstić information content (AvgIpc) is 2.17. The van der Waals surface area contributed by atoms with E-state index in [-0.39, 0.29) is 10.8 Å². The molecule has 0 aliphatic rings. The van der Waals surface area contributed by atoms with E-state index in [1.807, 2.05) is 5.32 Å². The molecule has 0 aromatic heterocycles. The molecule has 0 heterocycles. The van der Waals surface area contributed by atoms with Crippen LogP contribution in [0.2, 0.25) is 0 Å². The lowest BCUT2D eigenvalue weighted by Crippen LogP contribution is -2.25. The summed E-state index contributed by atoms with van der Waals surface area (Å²) in [4.78, 5) is 0. The first kappa shape index (κ1) is 12.3. The monoisotopic (exact) mass is 245 g/mol. The molecule has 0 unspecified atom stereocenters. The van der Waals surface area contributed by atoms with Gasteiger partial charge in [0.2, 0.25) is 0 Å². The molecule has 0 bridgehead atoms. The molecule has 0 spiro atoms. The second-order valence-electron chi connectivity index (χ2n) is 2.73. The summed E-state index contributed by atoms with van der Waals surface area (Å²) < 4.78 is 37.5. The van der Waals surface area contributed by atoms with E-state index in [0.717, 1.165) is 6.07 Å². The van der Waals surface area contributed by atoms with Crippen LogP contribution in [0.4, 0.5) is 18.9 Å². The fourth-order valence-electron chi connectivity index (χ4n) is 1.04. The Morgan fingerprint density at radius 2 is 1.94 bits per heavy atom. The predicted octanol–water partition coefficient (Wildman–Crippen LogP) is 2.47. The number of halogens is 3. The molecular formula is C9H6F3N3S. The SMILES string of the molecule is N#CNC(=S)Nc1ccccc1C(F)(F)F. The molecule has 0 atom stereocenters. The van der Waals surface area contributed by atoms with E-state index in [2.05, 4.69) is 17.5 Å². The normalized spacial score (nSPS) is 10.4. The summed E-state index contributed by atoms with van der Waals surface area (Å²) in [6.07, 6.45) is -2.96. The molecule has 7 heteroatoms. The maximum Gasteiger partial charge on any atom is 0.418 e. The second kappa shape index (κ2) is 4.81. The number of para-hydroxylation sites is 1. The first-order chi connectivity index (χ1) is 7.45. The van der Waals surface area contributed by atoms with Gasteiger partial charge in [-0.15, -0.1) is 0 Å². The van der Waals surface area contributed by atoms with Gasteiger partial charge in [-0.1, -0.05) is 12.1 Å². The van der Waals surface area contributed by atoms with E-state index >= 15 is 0 Å². The van der Waals surface area contributed by atoms with Crippen molar-refractivity contribution in [2.75, 3.05) is 5.32 Å². The first-order valence-electron chi connectivity index (χ1n) is 4.07. The fourth-order valence-corrected chi connectivity index (χ4v) is 1.20. The van der Waals surface area contributed by atoms with Gasteiger partial charge < -0.3 is 5.32 Å². The van der Waals surface area contributed by atoms with Crippen molar-refractivity contribution in [2.45, 2.75) is 6.18 Å². The zero-order valence-electron chi connectivity index (χ0n) is 7.80. The molecule has 1 rings (SSSR count). The van der Waals surface area contributed by atoms with Crippen LogP contribution in [0.1, 0.15) is 5.56 Å². The van der Waals surface area contributed by atoms with Crippen molar-refractivity contribution in [1.82, 2.24) is 5.32 Å². The molecule has 2 N–H and O–H groups in total. The van der Waals surface area contributed by atoms with E-state index in [4.69, 9.17) is 5.26 Å². The zero-order chi connectivity index (χ0) is 12.2. The Labute approximate surface area is 94.9 Å². The lowest BCUT2D eigenvalue weighted by Gasteiger charge is -2.13. The standard InChI is InChI=1S/C9H6F3N3S/c10-9(11,12)6-3-1-2-4-7(6)15-8(16)14-5-13/h1-4H,(H2,14,15,16). The van der Waals surface area contributed by atoms with Gasteiger partial charge >= 0.3 is 6.18 Å². The molecule has 0 aliphatic carbocycles. The number of alkyl halides is 3. The minimum Gasteiger partial charge on any atom is -0.331 e. The highest BCUT2D eigenvalue weighted by Gasteiger charge is 2.33. The maximum absolute atomic E-state index is 12.5. The van der Waals surface area contributed by atoms with Gasteiger partial charge in [-0.3, -0.25) is 5.32 Å². The van der Waals surface area contributed by atoms with E-state index in [1.165, 1.54) is 24.4 Å². The summed E-state index contributed by atoms with van der Waals surface area (Å²) in [5, 5.41) is 12.4. The molecule has 16 heavy (non-hydrogen) atoms. The smallest absolute Gasteiger partial charge is 0.331 e. The number of rotatable bonds is 1. The number of nitrogens with one attached hydrogen (secondary N) is 2. The topological polar surface area (TPSA) is 47.9 Å². The highest BCUT2D eigenvalue weighted by Crippen LogP contribution is 2.34. The predicted molar refractivity (Wildman–Crippen MR) is 56.4 cm³/mol. The van der Waals surface area contributed by atoms with Crippen LogP contribution in [0.15, 0.2) is 24.3 Å². The third-order valence-corrected chi connectivity index (χ3v) is 1.85. The summed E-state index contributed by atoms with van der Waals surface area (Å²) in [5.41, 5.74) is -1.03. The van der Waals surface area contributed by atoms with Crippen LogP contribution in [0.5, 0.6) is 0 Å². The Balaban J connectivity index is 2.97. The van der Waals surface area contributed by atoms with E-state index in [1.54, 1.807) is 0 Å². The van der Waals surface area contributed by atoms with Crippen LogP contribution in [-0.4, -0.2) is 5.11 Å². The maximum atomic E-state index is 12.5. The molecule has 84 valence electrons. The Hall–Kier alpha value is -1.81. The summed E-state index contributed by atoms with van der Waals surface area (Å²) in [6, 6.07) is 4.87. The molecule has 0 amide bonds. The lowest BCUT2D eigenvalue weighted by molar-refractivity contribution is -0.136. The summed E-state index contributed by atoms with van der Waals surface area (Å²) >= 11 is 4.61. The van der Waals surface area contributed by atoms with Crippen molar-refractivity contribution in [3.63, 3.8) is 0 Å². The molecule has 0 radical (unpaired) electrons. The lowest BCUT2D eigenvalue weighted by atomic mass is 10.2. The van der Waals surface area contributed by atoms with Crippen LogP contribution < -0.4 is 10.6 Å². The number of hydrogen-bond acceptors (Lipinski definition) is 2. The van der Waals surface area contributed by atoms with Crippen molar-refractivity contribution in [1.29, 1.82) is 5.26 Å². The van der Waals surface area contributed by atoms with Gasteiger partial charge in [-0.05, 0) is 24.4 Å². The minimum atomic E-state index is -4.47. The summed E-state index contributed by atoms with van der Waals surface area (Å²) in [6.45, 7) is 0. The number of benzene rings is 1. The van der Waals surface area contributed by atoms with Gasteiger partial charge in [0, 0.05) is 0 Å². The van der Waals surface area contributed by atoms with E-state index in [0.29, 0.717) is 0 Å². The molecule has 1 aromatic rings. The summed E-state index contributed by atoms with van der Waals surface area (Å²) in [5.74, 6) is 0. The highest BCUT2D eigenvalue weighted by atomic mass is 32.1. The molecule has 0 saturated heterocycles. The quantitative estimate of drug-likeness (QED) is 0.453. The van der Waals surface area contributed by atoms with Crippen molar-refractivity contribution in [3.8, 4) is 6.19 Å². The number of nitrogens with zero attached hydrogens (tertiary/aromatic N) is 1. The van der Waals surface area contributed by atoms with Gasteiger partial charge in [-0.25, -0.2) is 0 Å². The van der Waals surface area contributed by atoms with Gasteiger partial charge in [0.1, 0.15) is 0 Å². The number of thiocarbonyl (C=S) groups is 1. The summed E-state index contributed by atoms with van der Waals surface area (Å²) in [7, 11) is 0. The van der Waals surface area contributed by atoms with Crippen LogP contribution >= 0.6 is 12.2 Å². The van der Waals surface area contributed by atoms with Gasteiger partial charge in [0.25, 0.3) is 0 Å². The number of anilines is 1. The Morgan fingerprint density at radius 3 is 2.50 bits per heavy atom. The second-order valence-corrected chi connectivity index (χ2v) is 3.14. The third-order valence-electron chi connectivity index (χ3n) is 1.65. The Morgan fingerprint density at radius 1 is 1.31 bits per heavy atom. The van der Waals surface area contributed by atoms with Crippen molar-refractivity contribution in [3.05, 3.63) is 29.8 Å². The largest absolute Gasteiger partial charge is 0.418 e. The van der Waals surface area contributed by atoms with Crippen LogP contribution in [-0.2, 0) is 6.18 Å². The van der Waals surface area contributed by atoms with Crippen LogP contribution in [0.25, 0.3) is 0 Å². The van der Waals surface area contributed by atoms with Crippen LogP contribution in [0, 0.1) is 11.5 Å². The Bertz CT molecular complexity index is 436. The fraction of sp³-hybridized carbons (Fsp3) is 0.111. The zero-order valence-corrected chi connectivity index (χ0v) is 8.62. The first-order valence-corrected chi connectivity index (χ1v) is 4.48. The number of hydrogen-bond donors (Lipinski definition) is 2. The molecule has 3 nitrogen and oxygen atoms in total. The van der Waals surface area contributed by atoms with E-state index in [9.17, 15) is 13.2 Å². The van der Waals surface area contributed by atoms with Gasteiger partial charge in [0.05, 0.1) is 11.3 Å². The van der Waals surface area contributed by atoms with Crippen molar-refractivity contribution in [2.24, 2.45) is 0 Å². The van der Waals surface area contributed by atoms with Crippen molar-refractivity contribution < 1.29 is 13.2 Å². The van der Waals surface area contributed by atoms with E-state index < -0.39 is 11.7 Å². The molecule has 1 aromatic carbocycles. The van der Waals surface area contributed by atoms with Gasteiger partial charge in [-0.2, -0.15) is 18.4 Å². The highest BCUT2D eigenvalue weighted by molar-refractivity contribution is 7.80. The van der Waals surface area contributed by atoms with Crippen molar-refractivity contribution >= 4 is 23.0 Å². The average molecular weight is 245 g/mol.